The lowest BCUT2D eigenvalue weighted by molar-refractivity contribution is -0.147. The number of para-hydroxylation sites is 2. The molecule has 0 radical (unpaired) electrons. The summed E-state index contributed by atoms with van der Waals surface area (Å²) in [6.07, 6.45) is 2.34. The van der Waals surface area contributed by atoms with Gasteiger partial charge >= 0.3 is 18.0 Å². The molecule has 2 amide bonds. The van der Waals surface area contributed by atoms with Crippen molar-refractivity contribution in [3.05, 3.63) is 96.1 Å². The van der Waals surface area contributed by atoms with Crippen LogP contribution in [-0.4, -0.2) is 73.8 Å². The zero-order valence-corrected chi connectivity index (χ0v) is 27.3. The van der Waals surface area contributed by atoms with Crippen LogP contribution >= 0.6 is 0 Å². The normalized spacial score (nSPS) is 17.0. The third-order valence-corrected chi connectivity index (χ3v) is 8.57. The Bertz CT molecular complexity index is 1510. The molecule has 1 saturated heterocycles. The zero-order valence-electron chi connectivity index (χ0n) is 27.3. The van der Waals surface area contributed by atoms with Crippen molar-refractivity contribution in [2.75, 3.05) is 37.7 Å². The van der Waals surface area contributed by atoms with Crippen LogP contribution in [0.1, 0.15) is 43.7 Å². The van der Waals surface area contributed by atoms with Crippen LogP contribution in [0.25, 0.3) is 0 Å². The van der Waals surface area contributed by atoms with Gasteiger partial charge in [-0.25, -0.2) is 4.79 Å². The second kappa shape index (κ2) is 17.3. The van der Waals surface area contributed by atoms with E-state index in [4.69, 9.17) is 18.9 Å². The minimum atomic E-state index is -0.921. The summed E-state index contributed by atoms with van der Waals surface area (Å²) in [4.78, 5) is 55.7. The van der Waals surface area contributed by atoms with Crippen LogP contribution < -0.4 is 15.0 Å². The molecule has 1 N–H and O–H groups in total. The van der Waals surface area contributed by atoms with Crippen molar-refractivity contribution in [3.8, 4) is 5.75 Å². The van der Waals surface area contributed by atoms with Gasteiger partial charge in [0, 0.05) is 13.1 Å². The van der Waals surface area contributed by atoms with Gasteiger partial charge in [0.25, 0.3) is 0 Å². The Balaban J connectivity index is 1.17. The summed E-state index contributed by atoms with van der Waals surface area (Å²) in [5.41, 5.74) is 2.22. The van der Waals surface area contributed by atoms with Crippen LogP contribution in [0.5, 0.6) is 5.75 Å². The van der Waals surface area contributed by atoms with E-state index in [1.165, 1.54) is 4.90 Å². The molecule has 0 bridgehead atoms. The Hall–Kier alpha value is -4.90. The molecular weight excluding hydrogens is 614 g/mol. The van der Waals surface area contributed by atoms with E-state index in [0.717, 1.165) is 24.0 Å². The minimum Gasteiger partial charge on any atom is -0.489 e. The van der Waals surface area contributed by atoms with Crippen molar-refractivity contribution >= 4 is 29.6 Å². The Labute approximate surface area is 281 Å². The summed E-state index contributed by atoms with van der Waals surface area (Å²) >= 11 is 0. The molecule has 11 heteroatoms. The van der Waals surface area contributed by atoms with Crippen LogP contribution in [0.15, 0.2) is 84.9 Å². The van der Waals surface area contributed by atoms with Gasteiger partial charge in [0.2, 0.25) is 5.91 Å². The predicted octanol–water partition coefficient (Wildman–Crippen LogP) is 4.87. The highest BCUT2D eigenvalue weighted by molar-refractivity contribution is 6.02. The van der Waals surface area contributed by atoms with Gasteiger partial charge in [0.15, 0.2) is 0 Å². The van der Waals surface area contributed by atoms with Crippen molar-refractivity contribution in [2.24, 2.45) is 5.92 Å². The quantitative estimate of drug-likeness (QED) is 0.203. The number of rotatable bonds is 13. The third-order valence-electron chi connectivity index (χ3n) is 8.57. The van der Waals surface area contributed by atoms with E-state index in [-0.39, 0.29) is 45.0 Å². The second-order valence-corrected chi connectivity index (χ2v) is 11.9. The van der Waals surface area contributed by atoms with Crippen molar-refractivity contribution in [3.63, 3.8) is 0 Å². The van der Waals surface area contributed by atoms with E-state index in [9.17, 15) is 19.2 Å². The van der Waals surface area contributed by atoms with E-state index in [0.29, 0.717) is 37.4 Å². The van der Waals surface area contributed by atoms with Crippen molar-refractivity contribution in [1.29, 1.82) is 0 Å². The van der Waals surface area contributed by atoms with Gasteiger partial charge in [-0.05, 0) is 61.8 Å². The number of amides is 2. The molecule has 254 valence electrons. The van der Waals surface area contributed by atoms with Gasteiger partial charge in [-0.2, -0.15) is 0 Å². The van der Waals surface area contributed by atoms with Crippen LogP contribution in [-0.2, 0) is 41.8 Å². The van der Waals surface area contributed by atoms with E-state index >= 15 is 0 Å². The number of fused-ring (bicyclic) bond motifs is 1. The number of carbonyl (C=O) groups excluding carboxylic acids is 4. The van der Waals surface area contributed by atoms with Crippen molar-refractivity contribution in [2.45, 2.75) is 57.9 Å². The maximum atomic E-state index is 14.0. The first-order valence-corrected chi connectivity index (χ1v) is 16.5. The highest BCUT2D eigenvalue weighted by atomic mass is 16.6. The number of nitrogens with zero attached hydrogens (tertiary/aromatic N) is 2. The Morgan fingerprint density at radius 1 is 0.854 bits per heavy atom. The summed E-state index contributed by atoms with van der Waals surface area (Å²) in [5, 5.41) is 3.20. The van der Waals surface area contributed by atoms with Crippen molar-refractivity contribution < 1.29 is 38.1 Å². The molecule has 2 aliphatic rings. The fourth-order valence-electron chi connectivity index (χ4n) is 5.92. The number of anilines is 1. The Morgan fingerprint density at radius 2 is 1.48 bits per heavy atom. The molecule has 11 nitrogen and oxygen atoms in total. The number of hydrogen-bond acceptors (Lipinski definition) is 9. The van der Waals surface area contributed by atoms with E-state index in [2.05, 4.69) is 5.32 Å². The van der Waals surface area contributed by atoms with Gasteiger partial charge in [-0.15, -0.1) is 0 Å². The van der Waals surface area contributed by atoms with Gasteiger partial charge < -0.3 is 23.8 Å². The molecule has 0 saturated carbocycles. The number of benzene rings is 3. The van der Waals surface area contributed by atoms with Gasteiger partial charge in [0.05, 0.1) is 12.3 Å². The summed E-state index contributed by atoms with van der Waals surface area (Å²) < 4.78 is 22.4. The molecule has 2 atom stereocenters. The average molecular weight is 658 g/mol. The topological polar surface area (TPSA) is 124 Å². The fraction of sp³-hybridized carbons (Fsp3) is 0.405. The monoisotopic (exact) mass is 657 g/mol. The number of nitrogens with one attached hydrogen (secondary N) is 1. The molecule has 3 aromatic carbocycles. The fourth-order valence-corrected chi connectivity index (χ4v) is 5.92. The molecule has 1 fully saturated rings. The first-order valence-electron chi connectivity index (χ1n) is 16.5. The minimum absolute atomic E-state index is 0.0369. The van der Waals surface area contributed by atoms with Crippen molar-refractivity contribution in [1.82, 2.24) is 10.2 Å². The highest BCUT2D eigenvalue weighted by Gasteiger charge is 2.36. The second-order valence-electron chi connectivity index (χ2n) is 11.9. The Morgan fingerprint density at radius 3 is 2.15 bits per heavy atom. The summed E-state index contributed by atoms with van der Waals surface area (Å²) in [6.45, 7) is 3.02. The lowest BCUT2D eigenvalue weighted by Crippen LogP contribution is -2.55. The molecular formula is C37H43N3O8. The number of carbonyl (C=O) groups is 4. The van der Waals surface area contributed by atoms with Crippen LogP contribution in [0.3, 0.4) is 0 Å². The van der Waals surface area contributed by atoms with E-state index in [1.54, 1.807) is 36.1 Å². The number of ether oxygens (including phenoxy) is 4. The molecule has 1 unspecified atom stereocenters. The lowest BCUT2D eigenvalue weighted by atomic mass is 9.90. The van der Waals surface area contributed by atoms with Gasteiger partial charge in [-0.3, -0.25) is 24.6 Å². The van der Waals surface area contributed by atoms with E-state index in [1.807, 2.05) is 60.7 Å². The maximum Gasteiger partial charge on any atom is 0.410 e. The van der Waals surface area contributed by atoms with Gasteiger partial charge in [0.1, 0.15) is 44.2 Å². The average Bonchev–Trinajstić information content (AvgIpc) is 3.25. The molecule has 0 aliphatic carbocycles. The van der Waals surface area contributed by atoms with Crippen LogP contribution in [0, 0.1) is 5.92 Å². The maximum absolute atomic E-state index is 14.0. The molecule has 5 rings (SSSR count). The van der Waals surface area contributed by atoms with Crippen LogP contribution in [0.4, 0.5) is 10.5 Å². The summed E-state index contributed by atoms with van der Waals surface area (Å²) in [6, 6.07) is 24.2. The summed E-state index contributed by atoms with van der Waals surface area (Å²) in [5.74, 6) is -0.702. The standard InChI is InChI=1S/C37H43N3O8/c1-2-45-36(43)30(18-17-27-19-21-39(22-20-27)37(44)48-25-29-13-7-4-8-14-29)38-31-26-46-33-16-10-9-15-32(33)40(35(31)42)23-34(41)47-24-28-11-5-3-6-12-28/h3-16,27,30-31,38H,2,17-26H2,1H3/t30-,31?/m0/s1. The van der Waals surface area contributed by atoms with Gasteiger partial charge in [-0.1, -0.05) is 72.8 Å². The third kappa shape index (κ3) is 9.57. The number of hydrogen-bond donors (Lipinski definition) is 1. The number of piperidine rings is 1. The smallest absolute Gasteiger partial charge is 0.410 e. The summed E-state index contributed by atoms with van der Waals surface area (Å²) in [7, 11) is 0. The first-order chi connectivity index (χ1) is 23.4. The SMILES string of the molecule is CCOC(=O)[C@H](CCC1CCN(C(=O)OCc2ccccc2)CC1)NC1COc2ccccc2N(CC(=O)OCc2ccccc2)C1=O. The molecule has 48 heavy (non-hydrogen) atoms. The highest BCUT2D eigenvalue weighted by Crippen LogP contribution is 2.31. The molecule has 0 aromatic heterocycles. The predicted molar refractivity (Wildman–Crippen MR) is 178 cm³/mol. The molecule has 2 aliphatic heterocycles. The Kier molecular flexibility index (Phi) is 12.4. The lowest BCUT2D eigenvalue weighted by Gasteiger charge is -2.32. The number of esters is 2. The molecule has 0 spiro atoms. The first kappa shape index (κ1) is 34.4. The molecule has 2 heterocycles. The molecule has 3 aromatic rings. The van der Waals surface area contributed by atoms with Crippen LogP contribution in [0.2, 0.25) is 0 Å². The largest absolute Gasteiger partial charge is 0.489 e. The zero-order chi connectivity index (χ0) is 33.7. The number of likely N-dealkylation sites (tertiary alicyclic amines) is 1. The van der Waals surface area contributed by atoms with E-state index < -0.39 is 29.9 Å².